The van der Waals surface area contributed by atoms with Crippen LogP contribution in [0.5, 0.6) is 0 Å². The van der Waals surface area contributed by atoms with E-state index >= 15 is 0 Å². The lowest BCUT2D eigenvalue weighted by Crippen LogP contribution is -2.38. The van der Waals surface area contributed by atoms with E-state index in [0.717, 1.165) is 22.8 Å². The van der Waals surface area contributed by atoms with Gasteiger partial charge in [0, 0.05) is 18.7 Å². The van der Waals surface area contributed by atoms with Gasteiger partial charge < -0.3 is 0 Å². The van der Waals surface area contributed by atoms with Crippen molar-refractivity contribution in [3.63, 3.8) is 0 Å². The van der Waals surface area contributed by atoms with Crippen LogP contribution < -0.4 is 11.3 Å². The molecule has 15 heavy (non-hydrogen) atoms. The molecule has 1 atom stereocenters. The van der Waals surface area contributed by atoms with E-state index in [2.05, 4.69) is 10.5 Å². The van der Waals surface area contributed by atoms with Gasteiger partial charge in [0.05, 0.1) is 5.69 Å². The van der Waals surface area contributed by atoms with E-state index in [1.165, 1.54) is 12.8 Å². The highest BCUT2D eigenvalue weighted by atomic mass is 35.5. The molecule has 0 bridgehead atoms. The summed E-state index contributed by atoms with van der Waals surface area (Å²) in [5.74, 6) is 6.26. The van der Waals surface area contributed by atoms with Gasteiger partial charge in [-0.15, -0.1) is 0 Å². The monoisotopic (exact) mass is 228 g/mol. The van der Waals surface area contributed by atoms with Crippen molar-refractivity contribution < 1.29 is 0 Å². The number of aromatic nitrogens is 2. The summed E-state index contributed by atoms with van der Waals surface area (Å²) >= 11 is 6.17. The zero-order valence-corrected chi connectivity index (χ0v) is 9.88. The average Bonchev–Trinajstić information content (AvgIpc) is 2.98. The van der Waals surface area contributed by atoms with Crippen molar-refractivity contribution in [2.45, 2.75) is 32.2 Å². The van der Waals surface area contributed by atoms with E-state index in [4.69, 9.17) is 17.4 Å². The van der Waals surface area contributed by atoms with Gasteiger partial charge in [-0.25, -0.2) is 0 Å². The van der Waals surface area contributed by atoms with Gasteiger partial charge in [0.1, 0.15) is 5.15 Å². The van der Waals surface area contributed by atoms with Gasteiger partial charge in [0.2, 0.25) is 0 Å². The molecule has 1 aromatic rings. The van der Waals surface area contributed by atoms with Crippen LogP contribution in [0.3, 0.4) is 0 Å². The van der Waals surface area contributed by atoms with Gasteiger partial charge in [0.25, 0.3) is 0 Å². The Morgan fingerprint density at radius 2 is 2.33 bits per heavy atom. The number of nitrogens with one attached hydrogen (secondary N) is 1. The van der Waals surface area contributed by atoms with Crippen molar-refractivity contribution in [2.75, 3.05) is 0 Å². The number of hydrogen-bond donors (Lipinski definition) is 2. The van der Waals surface area contributed by atoms with Gasteiger partial charge >= 0.3 is 0 Å². The number of nitrogens with two attached hydrogens (primary N) is 1. The Morgan fingerprint density at radius 3 is 2.73 bits per heavy atom. The Bertz CT molecular complexity index is 357. The number of rotatable bonds is 4. The Balaban J connectivity index is 2.14. The second-order valence-corrected chi connectivity index (χ2v) is 4.65. The average molecular weight is 229 g/mol. The van der Waals surface area contributed by atoms with Crippen LogP contribution in [0.1, 0.15) is 24.1 Å². The minimum absolute atomic E-state index is 0.338. The summed E-state index contributed by atoms with van der Waals surface area (Å²) in [6.07, 6.45) is 3.41. The Hall–Kier alpha value is -0.580. The third-order valence-corrected chi connectivity index (χ3v) is 3.57. The molecule has 1 aromatic heterocycles. The number of hydrogen-bond acceptors (Lipinski definition) is 3. The van der Waals surface area contributed by atoms with E-state index in [1.54, 1.807) is 4.68 Å². The summed E-state index contributed by atoms with van der Waals surface area (Å²) in [6.45, 7) is 1.99. The molecule has 0 saturated heterocycles. The van der Waals surface area contributed by atoms with Gasteiger partial charge in [-0.2, -0.15) is 5.10 Å². The molecule has 84 valence electrons. The van der Waals surface area contributed by atoms with Crippen molar-refractivity contribution in [1.82, 2.24) is 15.2 Å². The van der Waals surface area contributed by atoms with Crippen molar-refractivity contribution in [2.24, 2.45) is 18.8 Å². The van der Waals surface area contributed by atoms with Crippen LogP contribution in [0.2, 0.25) is 5.15 Å². The fourth-order valence-electron chi connectivity index (χ4n) is 1.99. The van der Waals surface area contributed by atoms with Crippen molar-refractivity contribution in [3.8, 4) is 0 Å². The zero-order chi connectivity index (χ0) is 11.0. The second kappa shape index (κ2) is 4.12. The van der Waals surface area contributed by atoms with E-state index in [0.29, 0.717) is 12.0 Å². The molecular weight excluding hydrogens is 212 g/mol. The summed E-state index contributed by atoms with van der Waals surface area (Å²) in [4.78, 5) is 0. The standard InChI is InChI=1S/C10H17ClN4/c1-6-8(10(11)15(2)14-6)5-9(13-12)7-3-4-7/h7,9,13H,3-5,12H2,1-2H3. The first-order chi connectivity index (χ1) is 7.13. The van der Waals surface area contributed by atoms with Crippen LogP contribution in [0.25, 0.3) is 0 Å². The lowest BCUT2D eigenvalue weighted by molar-refractivity contribution is 0.472. The molecule has 5 heteroatoms. The zero-order valence-electron chi connectivity index (χ0n) is 9.13. The highest BCUT2D eigenvalue weighted by molar-refractivity contribution is 6.30. The second-order valence-electron chi connectivity index (χ2n) is 4.29. The fraction of sp³-hybridized carbons (Fsp3) is 0.700. The van der Waals surface area contributed by atoms with Crippen LogP contribution in [0.4, 0.5) is 0 Å². The maximum absolute atomic E-state index is 6.17. The van der Waals surface area contributed by atoms with Crippen molar-refractivity contribution in [1.29, 1.82) is 0 Å². The maximum atomic E-state index is 6.17. The van der Waals surface area contributed by atoms with Gasteiger partial charge in [-0.1, -0.05) is 11.6 Å². The molecular formula is C10H17ClN4. The fourth-order valence-corrected chi connectivity index (χ4v) is 2.24. The summed E-state index contributed by atoms with van der Waals surface area (Å²) in [5.41, 5.74) is 5.00. The molecule has 4 nitrogen and oxygen atoms in total. The van der Waals surface area contributed by atoms with E-state index < -0.39 is 0 Å². The van der Waals surface area contributed by atoms with E-state index in [-0.39, 0.29) is 0 Å². The van der Waals surface area contributed by atoms with Crippen LogP contribution in [0, 0.1) is 12.8 Å². The third kappa shape index (κ3) is 2.17. The summed E-state index contributed by atoms with van der Waals surface area (Å²) in [5, 5.41) is 5.02. The normalized spacial score (nSPS) is 18.1. The third-order valence-electron chi connectivity index (χ3n) is 3.10. The number of halogens is 1. The SMILES string of the molecule is Cc1nn(C)c(Cl)c1CC(NN)C1CC1. The highest BCUT2D eigenvalue weighted by Gasteiger charge is 2.31. The molecule has 0 aliphatic heterocycles. The largest absolute Gasteiger partial charge is 0.271 e. The molecule has 0 amide bonds. The highest BCUT2D eigenvalue weighted by Crippen LogP contribution is 2.35. The number of nitrogens with zero attached hydrogens (tertiary/aromatic N) is 2. The molecule has 0 spiro atoms. The van der Waals surface area contributed by atoms with Gasteiger partial charge in [-0.3, -0.25) is 16.0 Å². The topological polar surface area (TPSA) is 55.9 Å². The van der Waals surface area contributed by atoms with Crippen LogP contribution in [-0.2, 0) is 13.5 Å². The first kappa shape index (κ1) is 10.9. The first-order valence-corrected chi connectivity index (χ1v) is 5.65. The smallest absolute Gasteiger partial charge is 0.130 e. The van der Waals surface area contributed by atoms with Gasteiger partial charge in [0.15, 0.2) is 0 Å². The molecule has 2 rings (SSSR count). The predicted octanol–water partition coefficient (Wildman–Crippen LogP) is 1.17. The number of aryl methyl sites for hydroxylation is 2. The molecule has 1 aliphatic rings. The maximum Gasteiger partial charge on any atom is 0.130 e. The molecule has 1 saturated carbocycles. The van der Waals surface area contributed by atoms with Crippen molar-refractivity contribution in [3.05, 3.63) is 16.4 Å². The minimum atomic E-state index is 0.338. The van der Waals surface area contributed by atoms with Crippen LogP contribution in [-0.4, -0.2) is 15.8 Å². The van der Waals surface area contributed by atoms with Crippen LogP contribution in [0.15, 0.2) is 0 Å². The van der Waals surface area contributed by atoms with Crippen LogP contribution >= 0.6 is 11.6 Å². The summed E-state index contributed by atoms with van der Waals surface area (Å²) in [7, 11) is 1.86. The Labute approximate surface area is 94.8 Å². The minimum Gasteiger partial charge on any atom is -0.271 e. The Kier molecular flexibility index (Phi) is 3.00. The van der Waals surface area contributed by atoms with E-state index in [9.17, 15) is 0 Å². The Morgan fingerprint density at radius 1 is 1.67 bits per heavy atom. The summed E-state index contributed by atoms with van der Waals surface area (Å²) < 4.78 is 1.71. The first-order valence-electron chi connectivity index (χ1n) is 5.27. The summed E-state index contributed by atoms with van der Waals surface area (Å²) in [6, 6.07) is 0.338. The molecule has 0 radical (unpaired) electrons. The molecule has 3 N–H and O–H groups in total. The van der Waals surface area contributed by atoms with E-state index in [1.807, 2.05) is 14.0 Å². The molecule has 1 heterocycles. The lowest BCUT2D eigenvalue weighted by Gasteiger charge is -2.14. The molecule has 1 aliphatic carbocycles. The molecule has 0 aromatic carbocycles. The molecule has 1 fully saturated rings. The lowest BCUT2D eigenvalue weighted by atomic mass is 10.0. The van der Waals surface area contributed by atoms with Crippen molar-refractivity contribution >= 4 is 11.6 Å². The molecule has 1 unspecified atom stereocenters. The van der Waals surface area contributed by atoms with Gasteiger partial charge in [-0.05, 0) is 32.1 Å². The number of hydrazine groups is 1. The quantitative estimate of drug-likeness (QED) is 0.601. The predicted molar refractivity (Wildman–Crippen MR) is 60.5 cm³/mol.